The number of rotatable bonds is 6. The van der Waals surface area contributed by atoms with Crippen molar-refractivity contribution in [3.63, 3.8) is 0 Å². The van der Waals surface area contributed by atoms with Gasteiger partial charge < -0.3 is 9.47 Å². The van der Waals surface area contributed by atoms with Crippen molar-refractivity contribution in [1.29, 1.82) is 0 Å². The van der Waals surface area contributed by atoms with Crippen LogP contribution >= 0.6 is 0 Å². The molecule has 3 heteroatoms. The SMILES string of the molecule is CC(C)(C)C(=O)OCCOc1c(-c2ccccc2)cccc1-c1ccccc1. The third-order valence-corrected chi connectivity index (χ3v) is 4.36. The zero-order valence-electron chi connectivity index (χ0n) is 16.6. The molecule has 0 saturated carbocycles. The monoisotopic (exact) mass is 374 g/mol. The lowest BCUT2D eigenvalue weighted by atomic mass is 9.97. The van der Waals surface area contributed by atoms with E-state index in [0.29, 0.717) is 6.61 Å². The molecule has 0 radical (unpaired) electrons. The van der Waals surface area contributed by atoms with Crippen LogP contribution in [0, 0.1) is 5.41 Å². The topological polar surface area (TPSA) is 35.5 Å². The van der Waals surface area contributed by atoms with Crippen LogP contribution in [0.25, 0.3) is 22.3 Å². The van der Waals surface area contributed by atoms with Crippen molar-refractivity contribution in [1.82, 2.24) is 0 Å². The fraction of sp³-hybridized carbons (Fsp3) is 0.240. The first-order valence-electron chi connectivity index (χ1n) is 9.51. The van der Waals surface area contributed by atoms with Gasteiger partial charge in [0.25, 0.3) is 0 Å². The molecule has 0 saturated heterocycles. The van der Waals surface area contributed by atoms with Crippen molar-refractivity contribution in [2.45, 2.75) is 20.8 Å². The van der Waals surface area contributed by atoms with Crippen molar-refractivity contribution in [2.75, 3.05) is 13.2 Å². The van der Waals surface area contributed by atoms with Gasteiger partial charge in [-0.1, -0.05) is 78.9 Å². The van der Waals surface area contributed by atoms with Crippen molar-refractivity contribution in [3.05, 3.63) is 78.9 Å². The predicted molar refractivity (Wildman–Crippen MR) is 113 cm³/mol. The minimum atomic E-state index is -0.517. The Hall–Kier alpha value is -3.07. The Labute approximate surface area is 166 Å². The van der Waals surface area contributed by atoms with Gasteiger partial charge >= 0.3 is 5.97 Å². The second kappa shape index (κ2) is 8.75. The maximum Gasteiger partial charge on any atom is 0.311 e. The first-order valence-corrected chi connectivity index (χ1v) is 9.51. The van der Waals surface area contributed by atoms with Crippen LogP contribution in [-0.4, -0.2) is 19.2 Å². The summed E-state index contributed by atoms with van der Waals surface area (Å²) in [5.74, 6) is 0.572. The van der Waals surface area contributed by atoms with Crippen LogP contribution in [-0.2, 0) is 9.53 Å². The second-order valence-electron chi connectivity index (χ2n) is 7.65. The Balaban J connectivity index is 1.87. The van der Waals surface area contributed by atoms with E-state index in [1.807, 2.05) is 63.2 Å². The molecule has 3 nitrogen and oxygen atoms in total. The summed E-state index contributed by atoms with van der Waals surface area (Å²) >= 11 is 0. The first kappa shape index (κ1) is 19.7. The van der Waals surface area contributed by atoms with E-state index in [9.17, 15) is 4.79 Å². The summed E-state index contributed by atoms with van der Waals surface area (Å²) in [6.07, 6.45) is 0. The third-order valence-electron chi connectivity index (χ3n) is 4.36. The number of carbonyl (C=O) groups excluding carboxylic acids is 1. The smallest absolute Gasteiger partial charge is 0.311 e. The molecule has 0 aliphatic rings. The van der Waals surface area contributed by atoms with E-state index in [1.165, 1.54) is 0 Å². The molecule has 28 heavy (non-hydrogen) atoms. The average molecular weight is 374 g/mol. The molecule has 3 aromatic rings. The van der Waals surface area contributed by atoms with Gasteiger partial charge in [-0.25, -0.2) is 0 Å². The maximum atomic E-state index is 12.0. The summed E-state index contributed by atoms with van der Waals surface area (Å²) < 4.78 is 11.5. The van der Waals surface area contributed by atoms with Crippen molar-refractivity contribution < 1.29 is 14.3 Å². The van der Waals surface area contributed by atoms with Gasteiger partial charge in [-0.3, -0.25) is 4.79 Å². The van der Waals surface area contributed by atoms with Crippen molar-refractivity contribution in [3.8, 4) is 28.0 Å². The molecule has 0 spiro atoms. The van der Waals surface area contributed by atoms with E-state index in [1.54, 1.807) is 0 Å². The summed E-state index contributed by atoms with van der Waals surface area (Å²) in [6.45, 7) is 6.04. The van der Waals surface area contributed by atoms with E-state index in [-0.39, 0.29) is 12.6 Å². The van der Waals surface area contributed by atoms with Crippen LogP contribution in [0.4, 0.5) is 0 Å². The van der Waals surface area contributed by atoms with Gasteiger partial charge in [0.2, 0.25) is 0 Å². The van der Waals surface area contributed by atoms with Gasteiger partial charge in [0.1, 0.15) is 19.0 Å². The fourth-order valence-corrected chi connectivity index (χ4v) is 2.88. The number of hydrogen-bond acceptors (Lipinski definition) is 3. The molecular formula is C25H26O3. The quantitative estimate of drug-likeness (QED) is 0.393. The van der Waals surface area contributed by atoms with E-state index in [2.05, 4.69) is 36.4 Å². The second-order valence-corrected chi connectivity index (χ2v) is 7.65. The van der Waals surface area contributed by atoms with Crippen LogP contribution in [0.2, 0.25) is 0 Å². The van der Waals surface area contributed by atoms with Crippen LogP contribution in [0.1, 0.15) is 20.8 Å². The molecule has 0 aliphatic heterocycles. The van der Waals surface area contributed by atoms with Crippen molar-refractivity contribution >= 4 is 5.97 Å². The average Bonchev–Trinajstić information content (AvgIpc) is 2.71. The number of carbonyl (C=O) groups is 1. The molecule has 0 N–H and O–H groups in total. The number of para-hydroxylation sites is 1. The summed E-state index contributed by atoms with van der Waals surface area (Å²) in [5.41, 5.74) is 3.69. The third kappa shape index (κ3) is 4.80. The maximum absolute atomic E-state index is 12.0. The first-order chi connectivity index (χ1) is 13.5. The summed E-state index contributed by atoms with van der Waals surface area (Å²) in [4.78, 5) is 12.0. The molecular weight excluding hydrogens is 348 g/mol. The Morgan fingerprint density at radius 1 is 0.714 bits per heavy atom. The number of ether oxygens (including phenoxy) is 2. The highest BCUT2D eigenvalue weighted by Gasteiger charge is 2.23. The Morgan fingerprint density at radius 3 is 1.68 bits per heavy atom. The summed E-state index contributed by atoms with van der Waals surface area (Å²) in [7, 11) is 0. The molecule has 0 unspecified atom stereocenters. The van der Waals surface area contributed by atoms with Gasteiger partial charge in [-0.15, -0.1) is 0 Å². The predicted octanol–water partition coefficient (Wildman–Crippen LogP) is 5.99. The Bertz CT molecular complexity index is 852. The normalized spacial score (nSPS) is 11.1. The van der Waals surface area contributed by atoms with E-state index >= 15 is 0 Å². The lowest BCUT2D eigenvalue weighted by Gasteiger charge is -2.19. The minimum Gasteiger partial charge on any atom is -0.489 e. The van der Waals surface area contributed by atoms with Gasteiger partial charge in [0.05, 0.1) is 5.41 Å². The highest BCUT2D eigenvalue weighted by atomic mass is 16.6. The molecule has 0 atom stereocenters. The van der Waals surface area contributed by atoms with Crippen LogP contribution in [0.5, 0.6) is 5.75 Å². The van der Waals surface area contributed by atoms with Crippen molar-refractivity contribution in [2.24, 2.45) is 5.41 Å². The summed E-state index contributed by atoms with van der Waals surface area (Å²) in [5, 5.41) is 0. The number of benzene rings is 3. The molecule has 0 aliphatic carbocycles. The molecule has 3 aromatic carbocycles. The zero-order valence-corrected chi connectivity index (χ0v) is 16.6. The van der Waals surface area contributed by atoms with Crippen LogP contribution in [0.15, 0.2) is 78.9 Å². The molecule has 0 fully saturated rings. The molecule has 0 amide bonds. The van der Waals surface area contributed by atoms with Gasteiger partial charge in [0, 0.05) is 11.1 Å². The van der Waals surface area contributed by atoms with Gasteiger partial charge in [0.15, 0.2) is 0 Å². The standard InChI is InChI=1S/C25H26O3/c1-25(2,3)24(26)28-18-17-27-23-21(19-11-6-4-7-12-19)15-10-16-22(23)20-13-8-5-9-14-20/h4-16H,17-18H2,1-3H3. The Morgan fingerprint density at radius 2 is 1.21 bits per heavy atom. The summed E-state index contributed by atoms with van der Waals surface area (Å²) in [6, 6.07) is 26.5. The molecule has 0 aromatic heterocycles. The molecule has 144 valence electrons. The van der Waals surface area contributed by atoms with Gasteiger partial charge in [-0.2, -0.15) is 0 Å². The Kier molecular flexibility index (Phi) is 6.15. The van der Waals surface area contributed by atoms with Gasteiger partial charge in [-0.05, 0) is 31.9 Å². The lowest BCUT2D eigenvalue weighted by Crippen LogP contribution is -2.25. The fourth-order valence-electron chi connectivity index (χ4n) is 2.88. The number of hydrogen-bond donors (Lipinski definition) is 0. The van der Waals surface area contributed by atoms with Crippen LogP contribution in [0.3, 0.4) is 0 Å². The highest BCUT2D eigenvalue weighted by molar-refractivity contribution is 5.82. The molecule has 0 bridgehead atoms. The molecule has 3 rings (SSSR count). The largest absolute Gasteiger partial charge is 0.489 e. The zero-order chi connectivity index (χ0) is 20.0. The lowest BCUT2D eigenvalue weighted by molar-refractivity contribution is -0.153. The van der Waals surface area contributed by atoms with E-state index in [4.69, 9.17) is 9.47 Å². The van der Waals surface area contributed by atoms with E-state index in [0.717, 1.165) is 28.0 Å². The molecule has 0 heterocycles. The van der Waals surface area contributed by atoms with E-state index < -0.39 is 5.41 Å². The highest BCUT2D eigenvalue weighted by Crippen LogP contribution is 2.38. The van der Waals surface area contributed by atoms with Crippen LogP contribution < -0.4 is 4.74 Å². The number of esters is 1. The minimum absolute atomic E-state index is 0.216.